The Hall–Kier alpha value is -0.0800. The molecule has 0 spiro atoms. The van der Waals surface area contributed by atoms with E-state index in [-0.39, 0.29) is 0 Å². The molecular weight excluding hydrogens is 116 g/mol. The Morgan fingerprint density at radius 2 is 1.89 bits per heavy atom. The molecule has 0 saturated carbocycles. The molecule has 0 radical (unpaired) electrons. The maximum Gasteiger partial charge on any atom is 0.0488 e. The molecular formula is C7H16O2. The molecule has 0 bridgehead atoms. The minimum Gasteiger partial charge on any atom is -0.385 e. The summed E-state index contributed by atoms with van der Waals surface area (Å²) < 4.78 is 9.85. The normalized spacial score (nSPS) is 13.7. The predicted octanol–water partition coefficient (Wildman–Crippen LogP) is 1.31. The van der Waals surface area contributed by atoms with Gasteiger partial charge in [-0.05, 0) is 12.3 Å². The lowest BCUT2D eigenvalue weighted by molar-refractivity contribution is 0.125. The van der Waals surface area contributed by atoms with Gasteiger partial charge < -0.3 is 9.47 Å². The number of hydrogen-bond acceptors (Lipinski definition) is 2. The molecule has 0 heterocycles. The van der Waals surface area contributed by atoms with Gasteiger partial charge in [-0.1, -0.05) is 6.92 Å². The van der Waals surface area contributed by atoms with Gasteiger partial charge in [0, 0.05) is 27.4 Å². The van der Waals surface area contributed by atoms with Crippen LogP contribution in [-0.2, 0) is 9.47 Å². The highest BCUT2D eigenvalue weighted by Gasteiger charge is 1.98. The fourth-order valence-corrected chi connectivity index (χ4v) is 0.687. The zero-order chi connectivity index (χ0) is 7.11. The smallest absolute Gasteiger partial charge is 0.0488 e. The van der Waals surface area contributed by atoms with Crippen molar-refractivity contribution in [1.82, 2.24) is 0 Å². The molecule has 1 unspecified atom stereocenters. The van der Waals surface area contributed by atoms with Crippen LogP contribution in [-0.4, -0.2) is 27.4 Å². The second-order valence-electron chi connectivity index (χ2n) is 2.34. The van der Waals surface area contributed by atoms with Crippen LogP contribution in [0.4, 0.5) is 0 Å². The van der Waals surface area contributed by atoms with Crippen molar-refractivity contribution in [2.75, 3.05) is 27.4 Å². The topological polar surface area (TPSA) is 18.5 Å². The van der Waals surface area contributed by atoms with Crippen LogP contribution in [0.1, 0.15) is 13.3 Å². The van der Waals surface area contributed by atoms with Gasteiger partial charge in [0.1, 0.15) is 0 Å². The molecule has 2 heteroatoms. The minimum atomic E-state index is 0.620. The van der Waals surface area contributed by atoms with Crippen LogP contribution >= 0.6 is 0 Å². The van der Waals surface area contributed by atoms with Crippen LogP contribution < -0.4 is 0 Å². The summed E-state index contributed by atoms with van der Waals surface area (Å²) in [6, 6.07) is 0. The van der Waals surface area contributed by atoms with Gasteiger partial charge in [-0.15, -0.1) is 0 Å². The Morgan fingerprint density at radius 1 is 1.22 bits per heavy atom. The van der Waals surface area contributed by atoms with E-state index in [1.54, 1.807) is 14.2 Å². The monoisotopic (exact) mass is 132 g/mol. The SMILES string of the molecule is COCCC(C)COC. The molecule has 0 aliphatic carbocycles. The Morgan fingerprint density at radius 3 is 2.33 bits per heavy atom. The van der Waals surface area contributed by atoms with Gasteiger partial charge in [-0.3, -0.25) is 0 Å². The first-order valence-electron chi connectivity index (χ1n) is 3.29. The Kier molecular flexibility index (Phi) is 5.99. The highest BCUT2D eigenvalue weighted by molar-refractivity contribution is 4.48. The van der Waals surface area contributed by atoms with Gasteiger partial charge in [0.25, 0.3) is 0 Å². The van der Waals surface area contributed by atoms with Crippen molar-refractivity contribution in [2.24, 2.45) is 5.92 Å². The molecule has 2 nitrogen and oxygen atoms in total. The van der Waals surface area contributed by atoms with Gasteiger partial charge >= 0.3 is 0 Å². The number of methoxy groups -OCH3 is 2. The Labute approximate surface area is 57.2 Å². The third-order valence-electron chi connectivity index (χ3n) is 1.27. The molecule has 0 saturated heterocycles. The fraction of sp³-hybridized carbons (Fsp3) is 1.00. The van der Waals surface area contributed by atoms with Crippen molar-refractivity contribution in [3.05, 3.63) is 0 Å². The van der Waals surface area contributed by atoms with Crippen LogP contribution in [0.3, 0.4) is 0 Å². The quantitative estimate of drug-likeness (QED) is 0.561. The Balaban J connectivity index is 2.95. The lowest BCUT2D eigenvalue weighted by Gasteiger charge is -2.07. The average Bonchev–Trinajstić information content (AvgIpc) is 1.85. The molecule has 0 aliphatic rings. The molecule has 0 aromatic rings. The number of rotatable bonds is 5. The summed E-state index contributed by atoms with van der Waals surface area (Å²) >= 11 is 0. The Bertz CT molecular complexity index is 54.9. The fourth-order valence-electron chi connectivity index (χ4n) is 0.687. The first kappa shape index (κ1) is 8.92. The molecule has 9 heavy (non-hydrogen) atoms. The van der Waals surface area contributed by atoms with Crippen LogP contribution in [0.25, 0.3) is 0 Å². The van der Waals surface area contributed by atoms with Gasteiger partial charge in [0.2, 0.25) is 0 Å². The lowest BCUT2D eigenvalue weighted by atomic mass is 10.1. The van der Waals surface area contributed by atoms with E-state index in [1.165, 1.54) is 0 Å². The van der Waals surface area contributed by atoms with Crippen LogP contribution in [0.5, 0.6) is 0 Å². The van der Waals surface area contributed by atoms with Gasteiger partial charge in [-0.25, -0.2) is 0 Å². The largest absolute Gasteiger partial charge is 0.385 e. The first-order valence-corrected chi connectivity index (χ1v) is 3.29. The van der Waals surface area contributed by atoms with E-state index in [4.69, 9.17) is 9.47 Å². The number of hydrogen-bond donors (Lipinski definition) is 0. The van der Waals surface area contributed by atoms with Crippen molar-refractivity contribution in [1.29, 1.82) is 0 Å². The third kappa shape index (κ3) is 5.80. The standard InChI is InChI=1S/C7H16O2/c1-7(6-9-3)4-5-8-2/h7H,4-6H2,1-3H3. The van der Waals surface area contributed by atoms with E-state index in [2.05, 4.69) is 6.92 Å². The van der Waals surface area contributed by atoms with Gasteiger partial charge in [0.15, 0.2) is 0 Å². The molecule has 1 atom stereocenters. The highest BCUT2D eigenvalue weighted by atomic mass is 16.5. The maximum atomic E-state index is 4.95. The summed E-state index contributed by atoms with van der Waals surface area (Å²) in [6.07, 6.45) is 1.09. The zero-order valence-electron chi connectivity index (χ0n) is 6.52. The second kappa shape index (κ2) is 6.05. The summed E-state index contributed by atoms with van der Waals surface area (Å²) in [5.41, 5.74) is 0. The van der Waals surface area contributed by atoms with Crippen LogP contribution in [0, 0.1) is 5.92 Å². The molecule has 0 aromatic carbocycles. The van der Waals surface area contributed by atoms with Crippen molar-refractivity contribution in [3.8, 4) is 0 Å². The molecule has 0 fully saturated rings. The molecule has 0 aromatic heterocycles. The van der Waals surface area contributed by atoms with E-state index < -0.39 is 0 Å². The molecule has 0 rings (SSSR count). The molecule has 0 N–H and O–H groups in total. The van der Waals surface area contributed by atoms with Gasteiger partial charge in [0.05, 0.1) is 0 Å². The maximum absolute atomic E-state index is 4.95. The van der Waals surface area contributed by atoms with E-state index in [1.807, 2.05) is 0 Å². The van der Waals surface area contributed by atoms with Crippen LogP contribution in [0.2, 0.25) is 0 Å². The van der Waals surface area contributed by atoms with E-state index in [0.717, 1.165) is 19.6 Å². The number of ether oxygens (including phenoxy) is 2. The van der Waals surface area contributed by atoms with Crippen LogP contribution in [0.15, 0.2) is 0 Å². The summed E-state index contributed by atoms with van der Waals surface area (Å²) in [7, 11) is 3.45. The predicted molar refractivity (Wildman–Crippen MR) is 37.5 cm³/mol. The van der Waals surface area contributed by atoms with E-state index >= 15 is 0 Å². The zero-order valence-corrected chi connectivity index (χ0v) is 6.52. The highest BCUT2D eigenvalue weighted by Crippen LogP contribution is 2.00. The lowest BCUT2D eigenvalue weighted by Crippen LogP contribution is -2.06. The van der Waals surface area contributed by atoms with E-state index in [9.17, 15) is 0 Å². The summed E-state index contributed by atoms with van der Waals surface area (Å²) in [4.78, 5) is 0. The molecule has 0 amide bonds. The average molecular weight is 132 g/mol. The summed E-state index contributed by atoms with van der Waals surface area (Å²) in [5.74, 6) is 0.620. The molecule has 0 aliphatic heterocycles. The van der Waals surface area contributed by atoms with Crippen molar-refractivity contribution < 1.29 is 9.47 Å². The van der Waals surface area contributed by atoms with E-state index in [0.29, 0.717) is 5.92 Å². The second-order valence-corrected chi connectivity index (χ2v) is 2.34. The van der Waals surface area contributed by atoms with Gasteiger partial charge in [-0.2, -0.15) is 0 Å². The molecule has 56 valence electrons. The first-order chi connectivity index (χ1) is 4.31. The van der Waals surface area contributed by atoms with Crippen molar-refractivity contribution in [2.45, 2.75) is 13.3 Å². The van der Waals surface area contributed by atoms with Crippen molar-refractivity contribution >= 4 is 0 Å². The minimum absolute atomic E-state index is 0.620. The van der Waals surface area contributed by atoms with Crippen molar-refractivity contribution in [3.63, 3.8) is 0 Å². The summed E-state index contributed by atoms with van der Waals surface area (Å²) in [5, 5.41) is 0. The summed E-state index contributed by atoms with van der Waals surface area (Å²) in [6.45, 7) is 3.83. The third-order valence-corrected chi connectivity index (χ3v) is 1.27.